The smallest absolute Gasteiger partial charge is 0.136 e. The van der Waals surface area contributed by atoms with Crippen LogP contribution in [0, 0.1) is 0 Å². The monoisotopic (exact) mass is 324 g/mol. The Balaban J connectivity index is 1.63. The van der Waals surface area contributed by atoms with Crippen molar-refractivity contribution < 1.29 is 0 Å². The van der Waals surface area contributed by atoms with Gasteiger partial charge in [0.05, 0.1) is 0 Å². The van der Waals surface area contributed by atoms with Crippen molar-refractivity contribution >= 4 is 35.2 Å². The Kier molecular flexibility index (Phi) is 5.52. The van der Waals surface area contributed by atoms with Crippen molar-refractivity contribution in [3.05, 3.63) is 11.9 Å². The van der Waals surface area contributed by atoms with Gasteiger partial charge in [-0.05, 0) is 19.3 Å². The maximum Gasteiger partial charge on any atom is 0.136 e. The van der Waals surface area contributed by atoms with Gasteiger partial charge in [-0.3, -0.25) is 0 Å². The van der Waals surface area contributed by atoms with E-state index in [1.165, 1.54) is 30.1 Å². The average Bonchev–Trinajstić information content (AvgIpc) is 3.37. The molecule has 1 unspecified atom stereocenters. The molecular weight excluding hydrogens is 300 g/mol. The Hall–Kier alpha value is -0.620. The van der Waals surface area contributed by atoms with Crippen LogP contribution < -0.4 is 10.6 Å². The Bertz CT molecular complexity index is 459. The normalized spacial score (nSPS) is 22.0. The summed E-state index contributed by atoms with van der Waals surface area (Å²) in [7, 11) is 0. The fourth-order valence-electron chi connectivity index (χ4n) is 2.30. The summed E-state index contributed by atoms with van der Waals surface area (Å²) < 4.78 is 0. The number of rotatable bonds is 7. The van der Waals surface area contributed by atoms with Gasteiger partial charge >= 0.3 is 0 Å². The van der Waals surface area contributed by atoms with Crippen molar-refractivity contribution in [2.45, 2.75) is 37.4 Å². The standard InChI is InChI=1S/C15H24N4S2/c1-2-5-16-13-8-14(19-15(18-13)11-3-4-11)17-9-12-10-20-6-7-21-12/h8,11-12H,2-7,9-10H2,1H3,(H2,16,17,18,19). The van der Waals surface area contributed by atoms with Gasteiger partial charge in [-0.25, -0.2) is 9.97 Å². The largest absolute Gasteiger partial charge is 0.370 e. The van der Waals surface area contributed by atoms with Gasteiger partial charge in [0.2, 0.25) is 0 Å². The van der Waals surface area contributed by atoms with E-state index >= 15 is 0 Å². The molecule has 0 spiro atoms. The molecular formula is C15H24N4S2. The minimum absolute atomic E-state index is 0.591. The molecule has 1 aromatic heterocycles. The quantitative estimate of drug-likeness (QED) is 0.801. The molecule has 2 fully saturated rings. The first-order chi connectivity index (χ1) is 10.3. The fourth-order valence-corrected chi connectivity index (χ4v) is 4.91. The molecule has 0 bridgehead atoms. The van der Waals surface area contributed by atoms with E-state index < -0.39 is 0 Å². The molecule has 1 saturated heterocycles. The minimum Gasteiger partial charge on any atom is -0.370 e. The first-order valence-corrected chi connectivity index (χ1v) is 10.1. The van der Waals surface area contributed by atoms with Crippen molar-refractivity contribution in [3.63, 3.8) is 0 Å². The van der Waals surface area contributed by atoms with Crippen LogP contribution in [0.3, 0.4) is 0 Å². The van der Waals surface area contributed by atoms with Crippen LogP contribution in [0.2, 0.25) is 0 Å². The molecule has 1 aromatic rings. The van der Waals surface area contributed by atoms with Gasteiger partial charge in [-0.1, -0.05) is 6.92 Å². The van der Waals surface area contributed by atoms with Crippen molar-refractivity contribution in [2.75, 3.05) is 41.0 Å². The first-order valence-electron chi connectivity index (χ1n) is 7.91. The van der Waals surface area contributed by atoms with Crippen LogP contribution in [0.4, 0.5) is 11.6 Å². The molecule has 1 saturated carbocycles. The highest BCUT2D eigenvalue weighted by Gasteiger charge is 2.27. The highest BCUT2D eigenvalue weighted by Crippen LogP contribution is 2.38. The highest BCUT2D eigenvalue weighted by atomic mass is 32.2. The molecule has 4 nitrogen and oxygen atoms in total. The third-order valence-electron chi connectivity index (χ3n) is 3.64. The number of thioether (sulfide) groups is 2. The molecule has 2 aliphatic rings. The molecule has 1 atom stereocenters. The van der Waals surface area contributed by atoms with E-state index in [9.17, 15) is 0 Å². The van der Waals surface area contributed by atoms with Crippen molar-refractivity contribution in [1.29, 1.82) is 0 Å². The van der Waals surface area contributed by atoms with Crippen LogP contribution in [0.25, 0.3) is 0 Å². The molecule has 0 amide bonds. The summed E-state index contributed by atoms with van der Waals surface area (Å²) >= 11 is 4.15. The van der Waals surface area contributed by atoms with Gasteiger partial charge in [0.25, 0.3) is 0 Å². The third-order valence-corrected chi connectivity index (χ3v) is 6.48. The van der Waals surface area contributed by atoms with Gasteiger partial charge in [0.15, 0.2) is 0 Å². The van der Waals surface area contributed by atoms with E-state index in [-0.39, 0.29) is 0 Å². The summed E-state index contributed by atoms with van der Waals surface area (Å²) in [4.78, 5) is 9.37. The first kappa shape index (κ1) is 15.3. The number of nitrogens with zero attached hydrogens (tertiary/aromatic N) is 2. The number of nitrogens with one attached hydrogen (secondary N) is 2. The zero-order valence-corrected chi connectivity index (χ0v) is 14.2. The van der Waals surface area contributed by atoms with E-state index in [0.29, 0.717) is 11.2 Å². The second kappa shape index (κ2) is 7.58. The zero-order chi connectivity index (χ0) is 14.5. The molecule has 6 heteroatoms. The zero-order valence-electron chi connectivity index (χ0n) is 12.6. The molecule has 3 rings (SSSR count). The lowest BCUT2D eigenvalue weighted by Gasteiger charge is -2.21. The van der Waals surface area contributed by atoms with Crippen molar-refractivity contribution in [3.8, 4) is 0 Å². The molecule has 21 heavy (non-hydrogen) atoms. The van der Waals surface area contributed by atoms with Gasteiger partial charge in [-0.15, -0.1) is 0 Å². The Labute approximate surface area is 135 Å². The van der Waals surface area contributed by atoms with Gasteiger partial charge < -0.3 is 10.6 Å². The third kappa shape index (κ3) is 4.68. The maximum atomic E-state index is 4.71. The van der Waals surface area contributed by atoms with E-state index in [4.69, 9.17) is 4.98 Å². The summed E-state index contributed by atoms with van der Waals surface area (Å²) in [5.74, 6) is 7.39. The molecule has 0 aromatic carbocycles. The van der Waals surface area contributed by atoms with Crippen molar-refractivity contribution in [1.82, 2.24) is 9.97 Å². The Morgan fingerprint density at radius 3 is 2.67 bits per heavy atom. The fraction of sp³-hybridized carbons (Fsp3) is 0.733. The molecule has 1 aliphatic heterocycles. The summed E-state index contributed by atoms with van der Waals surface area (Å²) in [6.07, 6.45) is 3.60. The van der Waals surface area contributed by atoms with Crippen LogP contribution in [0.5, 0.6) is 0 Å². The second-order valence-corrected chi connectivity index (χ2v) is 8.20. The Morgan fingerprint density at radius 2 is 2.00 bits per heavy atom. The molecule has 1 aliphatic carbocycles. The maximum absolute atomic E-state index is 4.71. The number of hydrogen-bond donors (Lipinski definition) is 2. The van der Waals surface area contributed by atoms with Crippen molar-refractivity contribution in [2.24, 2.45) is 0 Å². The van der Waals surface area contributed by atoms with Crippen LogP contribution in [0.1, 0.15) is 37.9 Å². The highest BCUT2D eigenvalue weighted by molar-refractivity contribution is 8.06. The lowest BCUT2D eigenvalue weighted by Crippen LogP contribution is -2.23. The molecule has 116 valence electrons. The summed E-state index contributed by atoms with van der Waals surface area (Å²) in [6.45, 7) is 4.15. The van der Waals surface area contributed by atoms with Gasteiger partial charge in [0.1, 0.15) is 17.5 Å². The van der Waals surface area contributed by atoms with Gasteiger partial charge in [0, 0.05) is 47.6 Å². The van der Waals surface area contributed by atoms with Crippen LogP contribution >= 0.6 is 23.5 Å². The minimum atomic E-state index is 0.591. The van der Waals surface area contributed by atoms with Crippen LogP contribution in [-0.4, -0.2) is 45.6 Å². The van der Waals surface area contributed by atoms with E-state index in [2.05, 4.69) is 52.1 Å². The van der Waals surface area contributed by atoms with Crippen LogP contribution in [-0.2, 0) is 0 Å². The lowest BCUT2D eigenvalue weighted by atomic mass is 10.3. The van der Waals surface area contributed by atoms with E-state index in [1.807, 2.05) is 0 Å². The van der Waals surface area contributed by atoms with Gasteiger partial charge in [-0.2, -0.15) is 23.5 Å². The lowest BCUT2D eigenvalue weighted by molar-refractivity contribution is 0.900. The SMILES string of the molecule is CCCNc1cc(NCC2CSCCS2)nc(C2CC2)n1. The van der Waals surface area contributed by atoms with E-state index in [1.54, 1.807) is 0 Å². The summed E-state index contributed by atoms with van der Waals surface area (Å²) in [5, 5.41) is 7.63. The Morgan fingerprint density at radius 1 is 1.19 bits per heavy atom. The number of aromatic nitrogens is 2. The molecule has 2 heterocycles. The molecule has 2 N–H and O–H groups in total. The summed E-state index contributed by atoms with van der Waals surface area (Å²) in [5.41, 5.74) is 0. The number of hydrogen-bond acceptors (Lipinski definition) is 6. The second-order valence-electron chi connectivity index (χ2n) is 5.65. The van der Waals surface area contributed by atoms with E-state index in [0.717, 1.165) is 37.0 Å². The summed E-state index contributed by atoms with van der Waals surface area (Å²) in [6, 6.07) is 2.06. The number of anilines is 2. The topological polar surface area (TPSA) is 49.8 Å². The average molecular weight is 325 g/mol. The predicted octanol–water partition coefficient (Wildman–Crippen LogP) is 3.44. The predicted molar refractivity (Wildman–Crippen MR) is 94.8 cm³/mol. The van der Waals surface area contributed by atoms with Crippen LogP contribution in [0.15, 0.2) is 6.07 Å². The molecule has 0 radical (unpaired) electrons.